The number of hydrogen-bond acceptors (Lipinski definition) is 4. The summed E-state index contributed by atoms with van der Waals surface area (Å²) in [5, 5.41) is 7.05. The molecule has 0 amide bonds. The van der Waals surface area contributed by atoms with E-state index in [9.17, 15) is 0 Å². The van der Waals surface area contributed by atoms with Crippen LogP contribution in [-0.4, -0.2) is 31.7 Å². The maximum atomic E-state index is 5.58. The van der Waals surface area contributed by atoms with E-state index in [1.807, 2.05) is 18.2 Å². The highest BCUT2D eigenvalue weighted by molar-refractivity contribution is 7.80. The van der Waals surface area contributed by atoms with E-state index in [2.05, 4.69) is 10.6 Å². The van der Waals surface area contributed by atoms with Gasteiger partial charge in [-0.05, 0) is 55.1 Å². The van der Waals surface area contributed by atoms with Gasteiger partial charge in [0.15, 0.2) is 16.6 Å². The van der Waals surface area contributed by atoms with Gasteiger partial charge in [0, 0.05) is 26.3 Å². The fraction of sp³-hybridized carbons (Fsp3) is 0.562. The second-order valence-corrected chi connectivity index (χ2v) is 6.08. The predicted octanol–water partition coefficient (Wildman–Crippen LogP) is 2.20. The Balaban J connectivity index is 1.27. The molecule has 6 heteroatoms. The second-order valence-electron chi connectivity index (χ2n) is 5.67. The van der Waals surface area contributed by atoms with Crippen molar-refractivity contribution in [1.29, 1.82) is 0 Å². The van der Waals surface area contributed by atoms with Gasteiger partial charge >= 0.3 is 0 Å². The topological polar surface area (TPSA) is 51.8 Å². The first kappa shape index (κ1) is 15.4. The lowest BCUT2D eigenvalue weighted by molar-refractivity contribution is 0.123. The van der Waals surface area contributed by atoms with Gasteiger partial charge in [-0.15, -0.1) is 0 Å². The number of nitrogens with one attached hydrogen (secondary N) is 2. The van der Waals surface area contributed by atoms with Crippen LogP contribution in [0.5, 0.6) is 11.5 Å². The Labute approximate surface area is 136 Å². The summed E-state index contributed by atoms with van der Waals surface area (Å²) >= 11 is 5.26. The molecular weight excluding hydrogens is 300 g/mol. The maximum absolute atomic E-state index is 5.58. The van der Waals surface area contributed by atoms with Gasteiger partial charge in [-0.3, -0.25) is 0 Å². The Morgan fingerprint density at radius 1 is 1.23 bits per heavy atom. The average molecular weight is 322 g/mol. The third-order valence-electron chi connectivity index (χ3n) is 3.69. The molecule has 1 aromatic carbocycles. The van der Waals surface area contributed by atoms with Crippen molar-refractivity contribution in [3.63, 3.8) is 0 Å². The summed E-state index contributed by atoms with van der Waals surface area (Å²) in [7, 11) is 0. The standard InChI is InChI=1S/C16H22N2O3S/c22-16(17-6-1-7-19-10-12-2-3-12)18-9-13-4-5-14-15(8-13)21-11-20-14/h4-5,8,12H,1-3,6-7,9-11H2,(H2,17,18,22). The summed E-state index contributed by atoms with van der Waals surface area (Å²) in [6.45, 7) is 3.52. The van der Waals surface area contributed by atoms with Crippen LogP contribution in [0.15, 0.2) is 18.2 Å². The molecule has 120 valence electrons. The summed E-state index contributed by atoms with van der Waals surface area (Å²) in [5.74, 6) is 2.43. The van der Waals surface area contributed by atoms with Crippen molar-refractivity contribution in [3.8, 4) is 11.5 Å². The van der Waals surface area contributed by atoms with Gasteiger partial charge in [0.2, 0.25) is 6.79 Å². The average Bonchev–Trinajstić information content (AvgIpc) is 3.23. The minimum Gasteiger partial charge on any atom is -0.454 e. The Morgan fingerprint density at radius 2 is 2.09 bits per heavy atom. The fourth-order valence-corrected chi connectivity index (χ4v) is 2.38. The Hall–Kier alpha value is -1.53. The van der Waals surface area contributed by atoms with E-state index in [4.69, 9.17) is 26.4 Å². The molecule has 5 nitrogen and oxygen atoms in total. The summed E-state index contributed by atoms with van der Waals surface area (Å²) in [5.41, 5.74) is 1.11. The highest BCUT2D eigenvalue weighted by Gasteiger charge is 2.20. The number of ether oxygens (including phenoxy) is 3. The largest absolute Gasteiger partial charge is 0.454 e. The van der Waals surface area contributed by atoms with Crippen LogP contribution >= 0.6 is 12.2 Å². The van der Waals surface area contributed by atoms with Crippen molar-refractivity contribution < 1.29 is 14.2 Å². The maximum Gasteiger partial charge on any atom is 0.231 e. The van der Waals surface area contributed by atoms with Crippen molar-refractivity contribution in [1.82, 2.24) is 10.6 Å². The van der Waals surface area contributed by atoms with Gasteiger partial charge in [-0.2, -0.15) is 0 Å². The van der Waals surface area contributed by atoms with E-state index in [1.165, 1.54) is 12.8 Å². The van der Waals surface area contributed by atoms with Crippen molar-refractivity contribution in [2.24, 2.45) is 5.92 Å². The summed E-state index contributed by atoms with van der Waals surface area (Å²) in [4.78, 5) is 0. The van der Waals surface area contributed by atoms with Crippen molar-refractivity contribution in [2.45, 2.75) is 25.8 Å². The lowest BCUT2D eigenvalue weighted by atomic mass is 10.2. The first-order valence-electron chi connectivity index (χ1n) is 7.79. The predicted molar refractivity (Wildman–Crippen MR) is 88.2 cm³/mol. The molecule has 1 fully saturated rings. The lowest BCUT2D eigenvalue weighted by Crippen LogP contribution is -2.35. The summed E-state index contributed by atoms with van der Waals surface area (Å²) in [6, 6.07) is 5.91. The number of thiocarbonyl (C=S) groups is 1. The smallest absolute Gasteiger partial charge is 0.231 e. The Kier molecular flexibility index (Phi) is 5.34. The number of rotatable bonds is 8. The van der Waals surface area contributed by atoms with E-state index in [-0.39, 0.29) is 0 Å². The Bertz CT molecular complexity index is 520. The molecule has 0 unspecified atom stereocenters. The van der Waals surface area contributed by atoms with Crippen LogP contribution in [-0.2, 0) is 11.3 Å². The first-order valence-corrected chi connectivity index (χ1v) is 8.20. The summed E-state index contributed by atoms with van der Waals surface area (Å²) < 4.78 is 16.2. The molecular formula is C16H22N2O3S. The zero-order valence-electron chi connectivity index (χ0n) is 12.6. The number of hydrogen-bond donors (Lipinski definition) is 2. The summed E-state index contributed by atoms with van der Waals surface area (Å²) in [6.07, 6.45) is 3.65. The molecule has 2 aliphatic rings. The minimum absolute atomic E-state index is 0.301. The van der Waals surface area contributed by atoms with Gasteiger partial charge in [0.25, 0.3) is 0 Å². The molecule has 1 heterocycles. The molecule has 0 aromatic heterocycles. The third-order valence-corrected chi connectivity index (χ3v) is 3.98. The fourth-order valence-electron chi connectivity index (χ4n) is 2.21. The quantitative estimate of drug-likeness (QED) is 0.565. The normalized spacial score (nSPS) is 15.6. The van der Waals surface area contributed by atoms with E-state index in [0.29, 0.717) is 18.5 Å². The molecule has 1 saturated carbocycles. The molecule has 1 aliphatic heterocycles. The van der Waals surface area contributed by atoms with Gasteiger partial charge in [-0.25, -0.2) is 0 Å². The molecule has 2 N–H and O–H groups in total. The van der Waals surface area contributed by atoms with Gasteiger partial charge in [0.05, 0.1) is 0 Å². The van der Waals surface area contributed by atoms with E-state index in [0.717, 1.165) is 49.2 Å². The van der Waals surface area contributed by atoms with Crippen molar-refractivity contribution >= 4 is 17.3 Å². The van der Waals surface area contributed by atoms with Crippen molar-refractivity contribution in [2.75, 3.05) is 26.6 Å². The van der Waals surface area contributed by atoms with Crippen LogP contribution in [0.3, 0.4) is 0 Å². The van der Waals surface area contributed by atoms with Crippen LogP contribution in [0.25, 0.3) is 0 Å². The van der Waals surface area contributed by atoms with E-state index in [1.54, 1.807) is 0 Å². The molecule has 22 heavy (non-hydrogen) atoms. The van der Waals surface area contributed by atoms with Crippen LogP contribution in [0.4, 0.5) is 0 Å². The van der Waals surface area contributed by atoms with Crippen LogP contribution in [0.1, 0.15) is 24.8 Å². The van der Waals surface area contributed by atoms with Crippen LogP contribution < -0.4 is 20.1 Å². The Morgan fingerprint density at radius 3 is 2.95 bits per heavy atom. The molecule has 1 aromatic rings. The van der Waals surface area contributed by atoms with Crippen molar-refractivity contribution in [3.05, 3.63) is 23.8 Å². The zero-order chi connectivity index (χ0) is 15.2. The molecule has 0 bridgehead atoms. The monoisotopic (exact) mass is 322 g/mol. The highest BCUT2D eigenvalue weighted by Crippen LogP contribution is 2.32. The SMILES string of the molecule is S=C(NCCCOCC1CC1)NCc1ccc2c(c1)OCO2. The molecule has 0 saturated heterocycles. The third kappa shape index (κ3) is 4.74. The zero-order valence-corrected chi connectivity index (χ0v) is 13.4. The van der Waals surface area contributed by atoms with E-state index >= 15 is 0 Å². The molecule has 0 radical (unpaired) electrons. The van der Waals surface area contributed by atoms with Gasteiger partial charge in [0.1, 0.15) is 0 Å². The number of fused-ring (bicyclic) bond motifs is 1. The second kappa shape index (κ2) is 7.65. The number of benzene rings is 1. The minimum atomic E-state index is 0.301. The van der Waals surface area contributed by atoms with Gasteiger partial charge < -0.3 is 24.8 Å². The lowest BCUT2D eigenvalue weighted by Gasteiger charge is -2.11. The molecule has 0 atom stereocenters. The van der Waals surface area contributed by atoms with E-state index < -0.39 is 0 Å². The molecule has 0 spiro atoms. The van der Waals surface area contributed by atoms with Gasteiger partial charge in [-0.1, -0.05) is 6.07 Å². The molecule has 1 aliphatic carbocycles. The first-order chi connectivity index (χ1) is 10.8. The molecule has 3 rings (SSSR count). The highest BCUT2D eigenvalue weighted by atomic mass is 32.1. The van der Waals surface area contributed by atoms with Crippen LogP contribution in [0, 0.1) is 5.92 Å². The van der Waals surface area contributed by atoms with Crippen LogP contribution in [0.2, 0.25) is 0 Å².